The molecule has 0 aromatic heterocycles. The second kappa shape index (κ2) is 9.56. The topological polar surface area (TPSA) is 87.7 Å². The molecule has 3 amide bonds. The fourth-order valence-electron chi connectivity index (χ4n) is 3.79. The summed E-state index contributed by atoms with van der Waals surface area (Å²) in [7, 11) is 0. The van der Waals surface area contributed by atoms with Gasteiger partial charge in [0.25, 0.3) is 5.91 Å². The molecule has 1 aliphatic heterocycles. The van der Waals surface area contributed by atoms with Crippen LogP contribution in [0.25, 0.3) is 0 Å². The van der Waals surface area contributed by atoms with Crippen LogP contribution in [0.2, 0.25) is 0 Å². The molecule has 168 valence electrons. The Balaban J connectivity index is 1.64. The molecule has 0 unspecified atom stereocenters. The summed E-state index contributed by atoms with van der Waals surface area (Å²) in [6, 6.07) is 20.3. The Morgan fingerprint density at radius 2 is 1.70 bits per heavy atom. The van der Waals surface area contributed by atoms with E-state index in [1.165, 1.54) is 4.90 Å². The van der Waals surface area contributed by atoms with Crippen molar-refractivity contribution in [2.45, 2.75) is 26.3 Å². The molecule has 0 radical (unpaired) electrons. The molecule has 7 nitrogen and oxygen atoms in total. The van der Waals surface area contributed by atoms with E-state index in [-0.39, 0.29) is 12.3 Å². The van der Waals surface area contributed by atoms with Gasteiger partial charge < -0.3 is 15.4 Å². The average molecular weight is 444 g/mol. The Morgan fingerprint density at radius 3 is 2.45 bits per heavy atom. The molecule has 0 saturated heterocycles. The van der Waals surface area contributed by atoms with Crippen LogP contribution in [-0.2, 0) is 9.59 Å². The normalized spacial score (nSPS) is 14.8. The van der Waals surface area contributed by atoms with Gasteiger partial charge in [-0.2, -0.15) is 0 Å². The van der Waals surface area contributed by atoms with Crippen LogP contribution >= 0.6 is 0 Å². The molecule has 0 bridgehead atoms. The lowest BCUT2D eigenvalue weighted by atomic mass is 10.0. The highest BCUT2D eigenvalue weighted by molar-refractivity contribution is 6.17. The summed E-state index contributed by atoms with van der Waals surface area (Å²) in [6.07, 6.45) is -0.210. The summed E-state index contributed by atoms with van der Waals surface area (Å²) in [5, 5.41) is 5.63. The number of hydrogen-bond acceptors (Lipinski definition) is 4. The van der Waals surface area contributed by atoms with Gasteiger partial charge in [-0.1, -0.05) is 42.0 Å². The van der Waals surface area contributed by atoms with Gasteiger partial charge in [-0.25, -0.2) is 0 Å². The Kier molecular flexibility index (Phi) is 6.40. The van der Waals surface area contributed by atoms with Gasteiger partial charge >= 0.3 is 0 Å². The van der Waals surface area contributed by atoms with Crippen molar-refractivity contribution < 1.29 is 19.1 Å². The highest BCUT2D eigenvalue weighted by Crippen LogP contribution is 2.34. The zero-order valence-corrected chi connectivity index (χ0v) is 18.5. The number of carbonyl (C=O) groups excluding carboxylic acids is 3. The number of benzene rings is 3. The number of carbonyl (C=O) groups is 3. The van der Waals surface area contributed by atoms with Crippen LogP contribution < -0.4 is 20.3 Å². The lowest BCUT2D eigenvalue weighted by Gasteiger charge is -2.36. The van der Waals surface area contributed by atoms with E-state index in [1.807, 2.05) is 32.0 Å². The maximum absolute atomic E-state index is 13.5. The third-order valence-corrected chi connectivity index (χ3v) is 5.39. The average Bonchev–Trinajstić information content (AvgIpc) is 2.81. The molecule has 0 fully saturated rings. The van der Waals surface area contributed by atoms with E-state index in [0.717, 1.165) is 5.56 Å². The van der Waals surface area contributed by atoms with Crippen molar-refractivity contribution in [2.24, 2.45) is 0 Å². The van der Waals surface area contributed by atoms with Crippen LogP contribution in [-0.4, -0.2) is 30.4 Å². The van der Waals surface area contributed by atoms with Crippen LogP contribution in [0.3, 0.4) is 0 Å². The van der Waals surface area contributed by atoms with Gasteiger partial charge in [-0.05, 0) is 50.2 Å². The molecule has 33 heavy (non-hydrogen) atoms. The predicted octanol–water partition coefficient (Wildman–Crippen LogP) is 4.39. The minimum atomic E-state index is -1.01. The van der Waals surface area contributed by atoms with Crippen molar-refractivity contribution in [2.75, 3.05) is 22.1 Å². The standard InChI is InChI=1S/C26H25N3O4/c1-3-33-23-11-7-5-9-20(23)27-24(30)16-22-25(31)28-19-8-4-6-10-21(19)29(22)26(32)18-14-12-17(2)13-15-18/h4-15,22H,3,16H2,1-2H3,(H,27,30)(H,28,31)/t22-/m1/s1. The minimum absolute atomic E-state index is 0.210. The highest BCUT2D eigenvalue weighted by Gasteiger charge is 2.38. The lowest BCUT2D eigenvalue weighted by Crippen LogP contribution is -2.52. The van der Waals surface area contributed by atoms with Gasteiger partial charge in [-0.3, -0.25) is 19.3 Å². The number of para-hydroxylation sites is 4. The molecule has 7 heteroatoms. The van der Waals surface area contributed by atoms with Crippen molar-refractivity contribution in [1.29, 1.82) is 0 Å². The molecule has 1 atom stereocenters. The van der Waals surface area contributed by atoms with E-state index in [1.54, 1.807) is 54.6 Å². The van der Waals surface area contributed by atoms with Crippen molar-refractivity contribution in [3.63, 3.8) is 0 Å². The Bertz CT molecular complexity index is 1190. The van der Waals surface area contributed by atoms with E-state index >= 15 is 0 Å². The molecule has 3 aromatic carbocycles. The molecule has 0 spiro atoms. The number of aryl methyl sites for hydroxylation is 1. The van der Waals surface area contributed by atoms with E-state index in [0.29, 0.717) is 35.0 Å². The van der Waals surface area contributed by atoms with Crippen LogP contribution in [0.5, 0.6) is 5.75 Å². The fourth-order valence-corrected chi connectivity index (χ4v) is 3.79. The zero-order valence-electron chi connectivity index (χ0n) is 18.5. The summed E-state index contributed by atoms with van der Waals surface area (Å²) in [5.41, 5.74) is 3.05. The van der Waals surface area contributed by atoms with Crippen LogP contribution in [0.4, 0.5) is 17.1 Å². The molecule has 4 rings (SSSR count). The number of fused-ring (bicyclic) bond motifs is 1. The summed E-state index contributed by atoms with van der Waals surface area (Å²) >= 11 is 0. The van der Waals surface area contributed by atoms with Crippen molar-refractivity contribution in [3.8, 4) is 5.75 Å². The number of nitrogens with one attached hydrogen (secondary N) is 2. The molecule has 1 aliphatic rings. The maximum Gasteiger partial charge on any atom is 0.259 e. The van der Waals surface area contributed by atoms with Crippen LogP contribution in [0, 0.1) is 6.92 Å². The molecular weight excluding hydrogens is 418 g/mol. The summed E-state index contributed by atoms with van der Waals surface area (Å²) in [4.78, 5) is 40.9. The second-order valence-electron chi connectivity index (χ2n) is 7.74. The monoisotopic (exact) mass is 443 g/mol. The van der Waals surface area contributed by atoms with E-state index < -0.39 is 17.9 Å². The first kappa shape index (κ1) is 22.1. The highest BCUT2D eigenvalue weighted by atomic mass is 16.5. The summed E-state index contributed by atoms with van der Waals surface area (Å²) in [5.74, 6) is -0.616. The Morgan fingerprint density at radius 1 is 1.00 bits per heavy atom. The largest absolute Gasteiger partial charge is 0.492 e. The van der Waals surface area contributed by atoms with Gasteiger partial charge in [0.15, 0.2) is 0 Å². The molecule has 0 saturated carbocycles. The third kappa shape index (κ3) is 4.72. The molecule has 2 N–H and O–H groups in total. The lowest BCUT2D eigenvalue weighted by molar-refractivity contribution is -0.122. The van der Waals surface area contributed by atoms with E-state index in [2.05, 4.69) is 10.6 Å². The maximum atomic E-state index is 13.5. The Labute approximate surface area is 192 Å². The predicted molar refractivity (Wildman–Crippen MR) is 128 cm³/mol. The molecule has 3 aromatic rings. The fraction of sp³-hybridized carbons (Fsp3) is 0.192. The smallest absolute Gasteiger partial charge is 0.259 e. The third-order valence-electron chi connectivity index (χ3n) is 5.39. The first-order valence-electron chi connectivity index (χ1n) is 10.8. The second-order valence-corrected chi connectivity index (χ2v) is 7.74. The van der Waals surface area contributed by atoms with Crippen molar-refractivity contribution in [3.05, 3.63) is 83.9 Å². The number of hydrogen-bond donors (Lipinski definition) is 2. The summed E-state index contributed by atoms with van der Waals surface area (Å²) in [6.45, 7) is 4.25. The van der Waals surface area contributed by atoms with Gasteiger partial charge in [0.2, 0.25) is 11.8 Å². The molecule has 0 aliphatic carbocycles. The van der Waals surface area contributed by atoms with Crippen molar-refractivity contribution >= 4 is 34.8 Å². The van der Waals surface area contributed by atoms with Gasteiger partial charge in [0.05, 0.1) is 30.1 Å². The SMILES string of the molecule is CCOc1ccccc1NC(=O)C[C@@H]1C(=O)Nc2ccccc2N1C(=O)c1ccc(C)cc1. The van der Waals surface area contributed by atoms with E-state index in [9.17, 15) is 14.4 Å². The van der Waals surface area contributed by atoms with Gasteiger partial charge in [-0.15, -0.1) is 0 Å². The first-order valence-corrected chi connectivity index (χ1v) is 10.8. The Hall–Kier alpha value is -4.13. The number of amides is 3. The quantitative estimate of drug-likeness (QED) is 0.592. The first-order chi connectivity index (χ1) is 16.0. The summed E-state index contributed by atoms with van der Waals surface area (Å²) < 4.78 is 5.56. The van der Waals surface area contributed by atoms with Crippen molar-refractivity contribution in [1.82, 2.24) is 0 Å². The minimum Gasteiger partial charge on any atom is -0.492 e. The molecule has 1 heterocycles. The van der Waals surface area contributed by atoms with Crippen LogP contribution in [0.1, 0.15) is 29.3 Å². The molecular formula is C26H25N3O4. The van der Waals surface area contributed by atoms with Gasteiger partial charge in [0, 0.05) is 5.56 Å². The van der Waals surface area contributed by atoms with Crippen LogP contribution in [0.15, 0.2) is 72.8 Å². The number of anilines is 3. The number of ether oxygens (including phenoxy) is 1. The number of nitrogens with zero attached hydrogens (tertiary/aromatic N) is 1. The zero-order chi connectivity index (χ0) is 23.4. The van der Waals surface area contributed by atoms with E-state index in [4.69, 9.17) is 4.74 Å². The van der Waals surface area contributed by atoms with Gasteiger partial charge in [0.1, 0.15) is 11.8 Å². The number of rotatable bonds is 6.